The van der Waals surface area contributed by atoms with Gasteiger partial charge in [0, 0.05) is 32.1 Å². The average molecular weight is 373 g/mol. The number of ether oxygens (including phenoxy) is 1. The number of carbonyl (C=O) groups is 2. The van der Waals surface area contributed by atoms with Crippen LogP contribution in [0, 0.1) is 5.92 Å². The molecule has 1 amide bonds. The van der Waals surface area contributed by atoms with Crippen molar-refractivity contribution in [3.8, 4) is 0 Å². The molecule has 1 aliphatic heterocycles. The van der Waals surface area contributed by atoms with E-state index in [4.69, 9.17) is 4.74 Å². The Morgan fingerprint density at radius 2 is 1.81 bits per heavy atom. The number of anilines is 2. The molecule has 0 bridgehead atoms. The Balaban J connectivity index is 1.81. The maximum Gasteiger partial charge on any atom is 0.337 e. The van der Waals surface area contributed by atoms with E-state index in [2.05, 4.69) is 22.0 Å². The average Bonchev–Trinajstić information content (AvgIpc) is 2.73. The number of nitrogens with one attached hydrogen (secondary N) is 1. The number of methoxy groups -OCH3 is 1. The summed E-state index contributed by atoms with van der Waals surface area (Å²) in [6, 6.07) is 5.47. The summed E-state index contributed by atoms with van der Waals surface area (Å²) in [6.45, 7) is 7.07. The first-order valence-electron chi connectivity index (χ1n) is 10.1. The molecule has 2 fully saturated rings. The molecule has 27 heavy (non-hydrogen) atoms. The Labute approximate surface area is 161 Å². The van der Waals surface area contributed by atoms with Gasteiger partial charge in [0.05, 0.1) is 24.0 Å². The van der Waals surface area contributed by atoms with Gasteiger partial charge in [-0.15, -0.1) is 0 Å². The van der Waals surface area contributed by atoms with Gasteiger partial charge in [0.25, 0.3) is 0 Å². The standard InChI is InChI=1S/C21H31N3O3/c1-3-23-11-13-24(14-12-23)19-10-9-17(21(26)27-2)15-18(19)22-20(25)16-7-5-4-6-8-16/h9-10,15-16H,3-8,11-14H2,1-2H3,(H,22,25). The van der Waals surface area contributed by atoms with Crippen LogP contribution >= 0.6 is 0 Å². The summed E-state index contributed by atoms with van der Waals surface area (Å²) in [7, 11) is 1.38. The number of rotatable bonds is 5. The Kier molecular flexibility index (Phi) is 6.72. The monoisotopic (exact) mass is 373 g/mol. The summed E-state index contributed by atoms with van der Waals surface area (Å²) in [6.07, 6.45) is 5.35. The highest BCUT2D eigenvalue weighted by atomic mass is 16.5. The molecule has 1 aliphatic carbocycles. The van der Waals surface area contributed by atoms with E-state index >= 15 is 0 Å². The van der Waals surface area contributed by atoms with Gasteiger partial charge in [0.15, 0.2) is 0 Å². The molecule has 3 rings (SSSR count). The van der Waals surface area contributed by atoms with Crippen LogP contribution in [0.5, 0.6) is 0 Å². The summed E-state index contributed by atoms with van der Waals surface area (Å²) in [5, 5.41) is 3.12. The molecule has 6 nitrogen and oxygen atoms in total. The van der Waals surface area contributed by atoms with E-state index < -0.39 is 0 Å². The third kappa shape index (κ3) is 4.80. The number of nitrogens with zero attached hydrogens (tertiary/aromatic N) is 2. The van der Waals surface area contributed by atoms with E-state index in [1.165, 1.54) is 13.5 Å². The van der Waals surface area contributed by atoms with Gasteiger partial charge >= 0.3 is 5.97 Å². The second kappa shape index (κ2) is 9.22. The molecule has 0 aromatic heterocycles. The first-order chi connectivity index (χ1) is 13.1. The second-order valence-electron chi connectivity index (χ2n) is 7.47. The fourth-order valence-corrected chi connectivity index (χ4v) is 4.06. The number of piperazine rings is 1. The van der Waals surface area contributed by atoms with Crippen molar-refractivity contribution in [2.24, 2.45) is 5.92 Å². The van der Waals surface area contributed by atoms with Gasteiger partial charge in [-0.05, 0) is 37.6 Å². The van der Waals surface area contributed by atoms with E-state index in [-0.39, 0.29) is 17.8 Å². The zero-order chi connectivity index (χ0) is 19.2. The molecule has 6 heteroatoms. The van der Waals surface area contributed by atoms with Crippen molar-refractivity contribution >= 4 is 23.3 Å². The van der Waals surface area contributed by atoms with Gasteiger partial charge in [0.1, 0.15) is 0 Å². The maximum atomic E-state index is 12.8. The van der Waals surface area contributed by atoms with Crippen LogP contribution < -0.4 is 10.2 Å². The van der Waals surface area contributed by atoms with Crippen LogP contribution in [0.1, 0.15) is 49.4 Å². The minimum absolute atomic E-state index is 0.0742. The van der Waals surface area contributed by atoms with Crippen molar-refractivity contribution in [2.45, 2.75) is 39.0 Å². The predicted octanol–water partition coefficient (Wildman–Crippen LogP) is 3.13. The second-order valence-corrected chi connectivity index (χ2v) is 7.47. The van der Waals surface area contributed by atoms with Crippen LogP contribution in [0.25, 0.3) is 0 Å². The molecule has 0 radical (unpaired) electrons. The molecule has 0 atom stereocenters. The Bertz CT molecular complexity index is 663. The first kappa shape index (κ1) is 19.7. The molecule has 148 valence electrons. The zero-order valence-electron chi connectivity index (χ0n) is 16.5. The first-order valence-corrected chi connectivity index (χ1v) is 10.1. The lowest BCUT2D eigenvalue weighted by Gasteiger charge is -2.36. The number of likely N-dealkylation sites (N-methyl/N-ethyl adjacent to an activating group) is 1. The molecular weight excluding hydrogens is 342 g/mol. The smallest absolute Gasteiger partial charge is 0.337 e. The number of benzene rings is 1. The fourth-order valence-electron chi connectivity index (χ4n) is 4.06. The molecule has 1 aromatic carbocycles. The molecule has 2 aliphatic rings. The van der Waals surface area contributed by atoms with E-state index in [1.807, 2.05) is 6.07 Å². The Hall–Kier alpha value is -2.08. The largest absolute Gasteiger partial charge is 0.465 e. The SMILES string of the molecule is CCN1CCN(c2ccc(C(=O)OC)cc2NC(=O)C2CCCCC2)CC1. The van der Waals surface area contributed by atoms with Crippen LogP contribution in [0.15, 0.2) is 18.2 Å². The maximum absolute atomic E-state index is 12.8. The van der Waals surface area contributed by atoms with Crippen LogP contribution in [0.3, 0.4) is 0 Å². The molecule has 0 unspecified atom stereocenters. The van der Waals surface area contributed by atoms with Gasteiger partial charge < -0.3 is 19.9 Å². The third-order valence-corrected chi connectivity index (χ3v) is 5.81. The highest BCUT2D eigenvalue weighted by Crippen LogP contribution is 2.31. The van der Waals surface area contributed by atoms with Gasteiger partial charge in [0.2, 0.25) is 5.91 Å². The Morgan fingerprint density at radius 3 is 2.44 bits per heavy atom. The van der Waals surface area contributed by atoms with Gasteiger partial charge in [-0.3, -0.25) is 4.79 Å². The van der Waals surface area contributed by atoms with Crippen LogP contribution in [-0.2, 0) is 9.53 Å². The quantitative estimate of drug-likeness (QED) is 0.804. The Morgan fingerprint density at radius 1 is 1.11 bits per heavy atom. The molecule has 1 saturated carbocycles. The normalized spacial score (nSPS) is 19.0. The lowest BCUT2D eigenvalue weighted by Crippen LogP contribution is -2.46. The summed E-state index contributed by atoms with van der Waals surface area (Å²) in [5.41, 5.74) is 2.17. The lowest BCUT2D eigenvalue weighted by atomic mass is 9.88. The third-order valence-electron chi connectivity index (χ3n) is 5.81. The van der Waals surface area contributed by atoms with E-state index in [9.17, 15) is 9.59 Å². The molecule has 0 spiro atoms. The topological polar surface area (TPSA) is 61.9 Å². The van der Waals surface area contributed by atoms with E-state index in [0.717, 1.165) is 69.8 Å². The molecular formula is C21H31N3O3. The molecule has 1 saturated heterocycles. The minimum atomic E-state index is -0.384. The van der Waals surface area contributed by atoms with Gasteiger partial charge in [-0.1, -0.05) is 26.2 Å². The van der Waals surface area contributed by atoms with Crippen LogP contribution in [-0.4, -0.2) is 56.6 Å². The molecule has 1 N–H and O–H groups in total. The van der Waals surface area contributed by atoms with Crippen molar-refractivity contribution in [3.63, 3.8) is 0 Å². The lowest BCUT2D eigenvalue weighted by molar-refractivity contribution is -0.120. The zero-order valence-corrected chi connectivity index (χ0v) is 16.5. The van der Waals surface area contributed by atoms with Crippen LogP contribution in [0.4, 0.5) is 11.4 Å². The van der Waals surface area contributed by atoms with Crippen molar-refractivity contribution in [1.82, 2.24) is 4.90 Å². The van der Waals surface area contributed by atoms with E-state index in [0.29, 0.717) is 5.56 Å². The fraction of sp³-hybridized carbons (Fsp3) is 0.619. The van der Waals surface area contributed by atoms with Crippen molar-refractivity contribution in [3.05, 3.63) is 23.8 Å². The summed E-state index contributed by atoms with van der Waals surface area (Å²) < 4.78 is 4.85. The minimum Gasteiger partial charge on any atom is -0.465 e. The number of amides is 1. The summed E-state index contributed by atoms with van der Waals surface area (Å²) in [5.74, 6) is -0.235. The van der Waals surface area contributed by atoms with Crippen molar-refractivity contribution < 1.29 is 14.3 Å². The number of esters is 1. The van der Waals surface area contributed by atoms with E-state index in [1.54, 1.807) is 12.1 Å². The molecule has 1 aromatic rings. The highest BCUT2D eigenvalue weighted by Gasteiger charge is 2.24. The number of carbonyl (C=O) groups excluding carboxylic acids is 2. The van der Waals surface area contributed by atoms with Crippen LogP contribution in [0.2, 0.25) is 0 Å². The van der Waals surface area contributed by atoms with Gasteiger partial charge in [-0.25, -0.2) is 4.79 Å². The highest BCUT2D eigenvalue weighted by molar-refractivity contribution is 5.99. The van der Waals surface area contributed by atoms with Crippen molar-refractivity contribution in [2.75, 3.05) is 50.1 Å². The molecule has 1 heterocycles. The summed E-state index contributed by atoms with van der Waals surface area (Å²) >= 11 is 0. The predicted molar refractivity (Wildman–Crippen MR) is 107 cm³/mol. The number of hydrogen-bond acceptors (Lipinski definition) is 5. The summed E-state index contributed by atoms with van der Waals surface area (Å²) in [4.78, 5) is 29.5. The van der Waals surface area contributed by atoms with Gasteiger partial charge in [-0.2, -0.15) is 0 Å². The number of hydrogen-bond donors (Lipinski definition) is 1. The van der Waals surface area contributed by atoms with Crippen molar-refractivity contribution in [1.29, 1.82) is 0 Å².